The zero-order valence-electron chi connectivity index (χ0n) is 9.53. The molecule has 2 rings (SSSR count). The van der Waals surface area contributed by atoms with E-state index in [1.807, 2.05) is 0 Å². The molecule has 1 saturated heterocycles. The quantitative estimate of drug-likeness (QED) is 0.898. The Labute approximate surface area is 106 Å². The van der Waals surface area contributed by atoms with E-state index in [1.165, 1.54) is 12.1 Å². The van der Waals surface area contributed by atoms with Crippen LogP contribution in [-0.4, -0.2) is 37.8 Å². The summed E-state index contributed by atoms with van der Waals surface area (Å²) in [6.07, 6.45) is 0. The molecule has 0 aliphatic carbocycles. The summed E-state index contributed by atoms with van der Waals surface area (Å²) < 4.78 is 26.2. The lowest BCUT2D eigenvalue weighted by molar-refractivity contribution is 0.147. The van der Waals surface area contributed by atoms with Crippen LogP contribution < -0.4 is 5.32 Å². The lowest BCUT2D eigenvalue weighted by Gasteiger charge is -2.33. The topological polar surface area (TPSA) is 15.3 Å². The van der Waals surface area contributed by atoms with E-state index in [0.717, 1.165) is 31.7 Å². The van der Waals surface area contributed by atoms with Crippen molar-refractivity contribution in [2.45, 2.75) is 6.04 Å². The minimum atomic E-state index is -0.469. The third kappa shape index (κ3) is 3.63. The van der Waals surface area contributed by atoms with Gasteiger partial charge >= 0.3 is 0 Å². The molecule has 96 valence electrons. The maximum Gasteiger partial charge on any atom is 0.123 e. The van der Waals surface area contributed by atoms with Crippen molar-refractivity contribution in [3.63, 3.8) is 0 Å². The van der Waals surface area contributed by atoms with Crippen LogP contribution >= 0.6 is 12.4 Å². The molecule has 1 aromatic carbocycles. The minimum Gasteiger partial charge on any atom is -0.314 e. The van der Waals surface area contributed by atoms with Crippen LogP contribution in [0.15, 0.2) is 24.3 Å². The van der Waals surface area contributed by atoms with Gasteiger partial charge in [-0.1, -0.05) is 12.1 Å². The monoisotopic (exact) mass is 262 g/mol. The van der Waals surface area contributed by atoms with Crippen molar-refractivity contribution in [3.05, 3.63) is 35.6 Å². The van der Waals surface area contributed by atoms with Crippen LogP contribution in [0.25, 0.3) is 0 Å². The van der Waals surface area contributed by atoms with Crippen molar-refractivity contribution >= 4 is 12.4 Å². The first-order valence-corrected chi connectivity index (χ1v) is 5.57. The van der Waals surface area contributed by atoms with E-state index >= 15 is 0 Å². The molecule has 1 aliphatic heterocycles. The molecule has 0 amide bonds. The van der Waals surface area contributed by atoms with Gasteiger partial charge in [0.05, 0.1) is 6.04 Å². The second-order valence-electron chi connectivity index (χ2n) is 4.01. The van der Waals surface area contributed by atoms with Gasteiger partial charge in [0.25, 0.3) is 0 Å². The molecule has 2 nitrogen and oxygen atoms in total. The molecular weight excluding hydrogens is 246 g/mol. The van der Waals surface area contributed by atoms with Crippen LogP contribution in [0.2, 0.25) is 0 Å². The minimum absolute atomic E-state index is 0. The molecule has 1 heterocycles. The second-order valence-corrected chi connectivity index (χ2v) is 4.01. The first-order valence-electron chi connectivity index (χ1n) is 5.57. The molecule has 0 saturated carbocycles. The number of nitrogens with one attached hydrogen (secondary N) is 1. The molecule has 0 spiro atoms. The number of hydrogen-bond acceptors (Lipinski definition) is 2. The molecule has 1 aromatic rings. The largest absolute Gasteiger partial charge is 0.314 e. The fourth-order valence-electron chi connectivity index (χ4n) is 2.11. The van der Waals surface area contributed by atoms with Gasteiger partial charge in [-0.2, -0.15) is 0 Å². The molecule has 1 fully saturated rings. The van der Waals surface area contributed by atoms with Crippen LogP contribution in [0, 0.1) is 5.82 Å². The fourth-order valence-corrected chi connectivity index (χ4v) is 2.11. The van der Waals surface area contributed by atoms with Crippen LogP contribution in [0.4, 0.5) is 8.78 Å². The van der Waals surface area contributed by atoms with Gasteiger partial charge in [-0.3, -0.25) is 4.90 Å². The third-order valence-corrected chi connectivity index (χ3v) is 2.97. The second kappa shape index (κ2) is 6.89. The average Bonchev–Trinajstić information content (AvgIpc) is 2.31. The Bertz CT molecular complexity index is 343. The Balaban J connectivity index is 0.00000144. The highest BCUT2D eigenvalue weighted by Crippen LogP contribution is 2.22. The van der Waals surface area contributed by atoms with E-state index < -0.39 is 6.67 Å². The molecule has 1 N–H and O–H groups in total. The van der Waals surface area contributed by atoms with Crippen molar-refractivity contribution in [1.29, 1.82) is 0 Å². The van der Waals surface area contributed by atoms with E-state index in [9.17, 15) is 8.78 Å². The standard InChI is InChI=1S/C12H16F2N2.ClH/c13-9-12(16-6-4-15-5-7-16)10-2-1-3-11(14)8-10;/h1-3,8,12,15H,4-7,9H2;1H/t12-;/m0./s1. The highest BCUT2D eigenvalue weighted by Gasteiger charge is 2.22. The molecular formula is C12H17ClF2N2. The predicted molar refractivity (Wildman–Crippen MR) is 66.8 cm³/mol. The number of hydrogen-bond donors (Lipinski definition) is 1. The van der Waals surface area contributed by atoms with Crippen molar-refractivity contribution in [2.75, 3.05) is 32.9 Å². The van der Waals surface area contributed by atoms with Gasteiger partial charge in [-0.15, -0.1) is 12.4 Å². The van der Waals surface area contributed by atoms with Gasteiger partial charge < -0.3 is 5.32 Å². The molecule has 1 aliphatic rings. The Morgan fingerprint density at radius 2 is 2.00 bits per heavy atom. The zero-order chi connectivity index (χ0) is 11.4. The van der Waals surface area contributed by atoms with Gasteiger partial charge in [0.1, 0.15) is 12.5 Å². The summed E-state index contributed by atoms with van der Waals surface area (Å²) in [5, 5.41) is 3.22. The highest BCUT2D eigenvalue weighted by molar-refractivity contribution is 5.85. The van der Waals surface area contributed by atoms with E-state index in [1.54, 1.807) is 12.1 Å². The third-order valence-electron chi connectivity index (χ3n) is 2.97. The van der Waals surface area contributed by atoms with E-state index in [4.69, 9.17) is 0 Å². The highest BCUT2D eigenvalue weighted by atomic mass is 35.5. The van der Waals surface area contributed by atoms with Crippen molar-refractivity contribution < 1.29 is 8.78 Å². The molecule has 17 heavy (non-hydrogen) atoms. The SMILES string of the molecule is Cl.FC[C@@H](c1cccc(F)c1)N1CCNCC1. The molecule has 0 bridgehead atoms. The molecule has 0 unspecified atom stereocenters. The Morgan fingerprint density at radius 3 is 2.59 bits per heavy atom. The predicted octanol–water partition coefficient (Wildman–Crippen LogP) is 2.16. The summed E-state index contributed by atoms with van der Waals surface area (Å²) in [6, 6.07) is 5.92. The van der Waals surface area contributed by atoms with Gasteiger partial charge in [-0.05, 0) is 17.7 Å². The lowest BCUT2D eigenvalue weighted by Crippen LogP contribution is -2.45. The summed E-state index contributed by atoms with van der Waals surface area (Å²) >= 11 is 0. The number of rotatable bonds is 3. The van der Waals surface area contributed by atoms with Crippen LogP contribution in [-0.2, 0) is 0 Å². The first-order chi connectivity index (χ1) is 7.81. The molecule has 0 radical (unpaired) electrons. The van der Waals surface area contributed by atoms with Crippen LogP contribution in [0.5, 0.6) is 0 Å². The van der Waals surface area contributed by atoms with Gasteiger partial charge in [0, 0.05) is 26.2 Å². The number of alkyl halides is 1. The smallest absolute Gasteiger partial charge is 0.123 e. The fraction of sp³-hybridized carbons (Fsp3) is 0.500. The average molecular weight is 263 g/mol. The van der Waals surface area contributed by atoms with Crippen molar-refractivity contribution in [1.82, 2.24) is 10.2 Å². The van der Waals surface area contributed by atoms with Gasteiger partial charge in [0.2, 0.25) is 0 Å². The maximum absolute atomic E-state index is 13.1. The van der Waals surface area contributed by atoms with Gasteiger partial charge in [-0.25, -0.2) is 8.78 Å². The summed E-state index contributed by atoms with van der Waals surface area (Å²) in [4.78, 5) is 2.06. The summed E-state index contributed by atoms with van der Waals surface area (Å²) in [5.74, 6) is -0.300. The van der Waals surface area contributed by atoms with E-state index in [2.05, 4.69) is 10.2 Å². The summed E-state index contributed by atoms with van der Waals surface area (Å²) in [5.41, 5.74) is 0.726. The normalized spacial score (nSPS) is 18.5. The summed E-state index contributed by atoms with van der Waals surface area (Å²) in [7, 11) is 0. The lowest BCUT2D eigenvalue weighted by atomic mass is 10.1. The van der Waals surface area contributed by atoms with Gasteiger partial charge in [0.15, 0.2) is 0 Å². The number of halogens is 3. The molecule has 1 atom stereocenters. The first kappa shape index (κ1) is 14.4. The van der Waals surface area contributed by atoms with Crippen molar-refractivity contribution in [2.24, 2.45) is 0 Å². The maximum atomic E-state index is 13.1. The zero-order valence-corrected chi connectivity index (χ0v) is 10.4. The summed E-state index contributed by atoms with van der Waals surface area (Å²) in [6.45, 7) is 2.89. The van der Waals surface area contributed by atoms with Crippen molar-refractivity contribution in [3.8, 4) is 0 Å². The molecule has 0 aromatic heterocycles. The Kier molecular flexibility index (Phi) is 5.82. The number of benzene rings is 1. The molecule has 5 heteroatoms. The number of piperazine rings is 1. The Hall–Kier alpha value is -0.710. The van der Waals surface area contributed by atoms with Crippen LogP contribution in [0.3, 0.4) is 0 Å². The van der Waals surface area contributed by atoms with E-state index in [0.29, 0.717) is 0 Å². The Morgan fingerprint density at radius 1 is 1.29 bits per heavy atom. The number of nitrogens with zero attached hydrogens (tertiary/aromatic N) is 1. The van der Waals surface area contributed by atoms with E-state index in [-0.39, 0.29) is 24.3 Å². The van der Waals surface area contributed by atoms with Crippen LogP contribution in [0.1, 0.15) is 11.6 Å².